The van der Waals surface area contributed by atoms with Gasteiger partial charge in [-0.3, -0.25) is 9.59 Å². The molecule has 2 N–H and O–H groups in total. The maximum Gasteiger partial charge on any atom is 0.335 e. The summed E-state index contributed by atoms with van der Waals surface area (Å²) in [6, 6.07) is 2.41. The number of carbonyl (C=O) groups excluding carboxylic acids is 2. The number of carboxylic acids is 1. The Balaban J connectivity index is 2.10. The number of rotatable bonds is 4. The number of halogens is 1. The van der Waals surface area contributed by atoms with Crippen LogP contribution in [0.3, 0.4) is 0 Å². The Morgan fingerprint density at radius 1 is 1.41 bits per heavy atom. The van der Waals surface area contributed by atoms with Crippen LogP contribution in [0.15, 0.2) is 18.2 Å². The summed E-state index contributed by atoms with van der Waals surface area (Å²) in [6.07, 6.45) is 0.470. The summed E-state index contributed by atoms with van der Waals surface area (Å²) in [4.78, 5) is 36.5. The predicted molar refractivity (Wildman–Crippen MR) is 76.1 cm³/mol. The Kier molecular flexibility index (Phi) is 4.44. The Bertz CT molecular complexity index is 630. The van der Waals surface area contributed by atoms with Crippen molar-refractivity contribution < 1.29 is 23.9 Å². The highest BCUT2D eigenvalue weighted by Crippen LogP contribution is 2.16. The summed E-state index contributed by atoms with van der Waals surface area (Å²) >= 11 is 0. The topological polar surface area (TPSA) is 86.7 Å². The molecule has 0 radical (unpaired) electrons. The molecule has 0 aromatic heterocycles. The van der Waals surface area contributed by atoms with Crippen LogP contribution in [0.5, 0.6) is 0 Å². The molecule has 1 aliphatic heterocycles. The zero-order valence-electron chi connectivity index (χ0n) is 12.3. The molecule has 1 saturated heterocycles. The molecule has 1 heterocycles. The van der Waals surface area contributed by atoms with E-state index in [9.17, 15) is 18.8 Å². The third-order valence-corrected chi connectivity index (χ3v) is 3.63. The molecule has 0 saturated carbocycles. The largest absolute Gasteiger partial charge is 0.478 e. The van der Waals surface area contributed by atoms with Crippen LogP contribution in [0.1, 0.15) is 41.0 Å². The second kappa shape index (κ2) is 6.13. The number of nitrogens with zero attached hydrogens (tertiary/aromatic N) is 1. The van der Waals surface area contributed by atoms with Gasteiger partial charge in [-0.1, -0.05) is 0 Å². The van der Waals surface area contributed by atoms with Crippen molar-refractivity contribution in [2.45, 2.75) is 32.4 Å². The molecule has 1 aromatic carbocycles. The fourth-order valence-corrected chi connectivity index (χ4v) is 2.42. The van der Waals surface area contributed by atoms with Crippen LogP contribution in [-0.4, -0.2) is 46.4 Å². The van der Waals surface area contributed by atoms with Crippen LogP contribution in [-0.2, 0) is 4.79 Å². The van der Waals surface area contributed by atoms with Crippen molar-refractivity contribution in [1.82, 2.24) is 10.2 Å². The summed E-state index contributed by atoms with van der Waals surface area (Å²) in [5, 5.41) is 11.3. The third kappa shape index (κ3) is 3.08. The molecule has 7 heteroatoms. The number of benzene rings is 1. The van der Waals surface area contributed by atoms with Gasteiger partial charge in [0.1, 0.15) is 11.9 Å². The van der Waals surface area contributed by atoms with E-state index < -0.39 is 23.7 Å². The number of nitrogens with one attached hydrogen (secondary N) is 1. The summed E-state index contributed by atoms with van der Waals surface area (Å²) in [6.45, 7) is 4.31. The number of hydrogen-bond acceptors (Lipinski definition) is 3. The van der Waals surface area contributed by atoms with Crippen molar-refractivity contribution in [2.24, 2.45) is 0 Å². The van der Waals surface area contributed by atoms with Gasteiger partial charge in [-0.2, -0.15) is 0 Å². The number of carbonyl (C=O) groups is 3. The van der Waals surface area contributed by atoms with Crippen molar-refractivity contribution in [3.8, 4) is 0 Å². The zero-order valence-corrected chi connectivity index (χ0v) is 12.3. The molecular weight excluding hydrogens is 291 g/mol. The first-order chi connectivity index (χ1) is 10.3. The monoisotopic (exact) mass is 308 g/mol. The summed E-state index contributed by atoms with van der Waals surface area (Å²) in [5.74, 6) is -3.11. The van der Waals surface area contributed by atoms with Crippen molar-refractivity contribution in [1.29, 1.82) is 0 Å². The van der Waals surface area contributed by atoms with Crippen LogP contribution in [0, 0.1) is 5.82 Å². The van der Waals surface area contributed by atoms with E-state index >= 15 is 0 Å². The van der Waals surface area contributed by atoms with E-state index in [1.807, 2.05) is 13.8 Å². The summed E-state index contributed by atoms with van der Waals surface area (Å²) < 4.78 is 13.8. The number of likely N-dealkylation sites (tertiary alicyclic amines) is 1. The Morgan fingerprint density at radius 2 is 2.09 bits per heavy atom. The van der Waals surface area contributed by atoms with Crippen LogP contribution < -0.4 is 5.32 Å². The molecule has 22 heavy (non-hydrogen) atoms. The molecule has 1 unspecified atom stereocenters. The summed E-state index contributed by atoms with van der Waals surface area (Å²) in [7, 11) is 0. The fourth-order valence-electron chi connectivity index (χ4n) is 2.42. The molecule has 0 aliphatic carbocycles. The standard InChI is InChI=1S/C15H17FN2O4/c1-8(2)18-6-5-12(14(18)20)17-13(19)10-4-3-9(15(21)22)7-11(10)16/h3-4,7-8,12H,5-6H2,1-2H3,(H,17,19)(H,21,22). The maximum atomic E-state index is 13.8. The van der Waals surface area contributed by atoms with Crippen molar-refractivity contribution in [2.75, 3.05) is 6.54 Å². The van der Waals surface area contributed by atoms with Gasteiger partial charge in [-0.25, -0.2) is 9.18 Å². The quantitative estimate of drug-likeness (QED) is 0.877. The predicted octanol–water partition coefficient (Wildman–Crippen LogP) is 1.26. The minimum atomic E-state index is -1.27. The molecule has 2 rings (SSSR count). The highest BCUT2D eigenvalue weighted by molar-refractivity contribution is 5.99. The van der Waals surface area contributed by atoms with Gasteiger partial charge < -0.3 is 15.3 Å². The highest BCUT2D eigenvalue weighted by atomic mass is 19.1. The lowest BCUT2D eigenvalue weighted by Gasteiger charge is -2.21. The minimum Gasteiger partial charge on any atom is -0.478 e. The average Bonchev–Trinajstić information content (AvgIpc) is 2.79. The Morgan fingerprint density at radius 3 is 2.59 bits per heavy atom. The van der Waals surface area contributed by atoms with Gasteiger partial charge >= 0.3 is 5.97 Å². The Labute approximate surface area is 126 Å². The van der Waals surface area contributed by atoms with E-state index in [0.29, 0.717) is 13.0 Å². The molecule has 118 valence electrons. The first-order valence-electron chi connectivity index (χ1n) is 6.95. The molecule has 0 bridgehead atoms. The maximum absolute atomic E-state index is 13.8. The fraction of sp³-hybridized carbons (Fsp3) is 0.400. The van der Waals surface area contributed by atoms with Gasteiger partial charge in [0.2, 0.25) is 5.91 Å². The van der Waals surface area contributed by atoms with E-state index in [-0.39, 0.29) is 23.1 Å². The van der Waals surface area contributed by atoms with Gasteiger partial charge in [-0.05, 0) is 38.5 Å². The molecule has 1 aliphatic rings. The molecule has 1 aromatic rings. The zero-order chi connectivity index (χ0) is 16.4. The SMILES string of the molecule is CC(C)N1CCC(NC(=O)c2ccc(C(=O)O)cc2F)C1=O. The lowest BCUT2D eigenvalue weighted by Crippen LogP contribution is -2.43. The number of amides is 2. The van der Waals surface area contributed by atoms with Gasteiger partial charge in [0.15, 0.2) is 0 Å². The first kappa shape index (κ1) is 15.9. The molecular formula is C15H17FN2O4. The van der Waals surface area contributed by atoms with Crippen molar-refractivity contribution in [3.05, 3.63) is 35.1 Å². The van der Waals surface area contributed by atoms with E-state index in [2.05, 4.69) is 5.32 Å². The smallest absolute Gasteiger partial charge is 0.335 e. The van der Waals surface area contributed by atoms with Gasteiger partial charge in [-0.15, -0.1) is 0 Å². The number of hydrogen-bond donors (Lipinski definition) is 2. The molecule has 6 nitrogen and oxygen atoms in total. The van der Waals surface area contributed by atoms with E-state index in [1.165, 1.54) is 0 Å². The van der Waals surface area contributed by atoms with E-state index in [1.54, 1.807) is 4.90 Å². The van der Waals surface area contributed by atoms with Gasteiger partial charge in [0.25, 0.3) is 5.91 Å². The summed E-state index contributed by atoms with van der Waals surface area (Å²) in [5.41, 5.74) is -0.516. The first-order valence-corrected chi connectivity index (χ1v) is 6.95. The highest BCUT2D eigenvalue weighted by Gasteiger charge is 2.34. The van der Waals surface area contributed by atoms with Crippen LogP contribution in [0.25, 0.3) is 0 Å². The average molecular weight is 308 g/mol. The van der Waals surface area contributed by atoms with Crippen molar-refractivity contribution in [3.63, 3.8) is 0 Å². The van der Waals surface area contributed by atoms with Gasteiger partial charge in [0.05, 0.1) is 11.1 Å². The van der Waals surface area contributed by atoms with Crippen LogP contribution >= 0.6 is 0 Å². The third-order valence-electron chi connectivity index (χ3n) is 3.63. The second-order valence-electron chi connectivity index (χ2n) is 5.44. The van der Waals surface area contributed by atoms with E-state index in [4.69, 9.17) is 5.11 Å². The van der Waals surface area contributed by atoms with Crippen LogP contribution in [0.4, 0.5) is 4.39 Å². The lowest BCUT2D eigenvalue weighted by molar-refractivity contribution is -0.130. The number of aromatic carboxylic acids is 1. The second-order valence-corrected chi connectivity index (χ2v) is 5.44. The van der Waals surface area contributed by atoms with Crippen LogP contribution in [0.2, 0.25) is 0 Å². The molecule has 1 fully saturated rings. The van der Waals surface area contributed by atoms with E-state index in [0.717, 1.165) is 18.2 Å². The lowest BCUT2D eigenvalue weighted by atomic mass is 10.1. The molecule has 2 amide bonds. The normalized spacial score (nSPS) is 17.9. The number of carboxylic acid groups (broad SMARTS) is 1. The molecule has 1 atom stereocenters. The van der Waals surface area contributed by atoms with Gasteiger partial charge in [0, 0.05) is 12.6 Å². The van der Waals surface area contributed by atoms with Crippen molar-refractivity contribution >= 4 is 17.8 Å². The molecule has 0 spiro atoms. The minimum absolute atomic E-state index is 0.0426. The Hall–Kier alpha value is -2.44.